The second-order valence-electron chi connectivity index (χ2n) is 5.12. The zero-order chi connectivity index (χ0) is 17.7. The molecular formula is C14H18N4O4S2. The van der Waals surface area contributed by atoms with Crippen molar-refractivity contribution in [2.24, 2.45) is 0 Å². The van der Waals surface area contributed by atoms with Gasteiger partial charge < -0.3 is 10.2 Å². The average Bonchev–Trinajstić information content (AvgIpc) is 2.59. The number of nitro groups is 1. The molecule has 1 fully saturated rings. The van der Waals surface area contributed by atoms with Gasteiger partial charge in [-0.25, -0.2) is 8.42 Å². The molecule has 24 heavy (non-hydrogen) atoms. The number of nitro benzene ring substituents is 1. The smallest absolute Gasteiger partial charge is 0.269 e. The lowest BCUT2D eigenvalue weighted by molar-refractivity contribution is -0.384. The number of piperazine rings is 1. The summed E-state index contributed by atoms with van der Waals surface area (Å²) < 4.78 is 26.5. The molecule has 2 rings (SSSR count). The van der Waals surface area contributed by atoms with E-state index in [1.165, 1.54) is 28.6 Å². The molecule has 1 saturated heterocycles. The van der Waals surface area contributed by atoms with Gasteiger partial charge >= 0.3 is 0 Å². The van der Waals surface area contributed by atoms with Gasteiger partial charge in [0, 0.05) is 44.9 Å². The lowest BCUT2D eigenvalue weighted by Gasteiger charge is -2.35. The van der Waals surface area contributed by atoms with Crippen molar-refractivity contribution in [2.45, 2.75) is 4.90 Å². The summed E-state index contributed by atoms with van der Waals surface area (Å²) in [4.78, 5) is 12.0. The van der Waals surface area contributed by atoms with E-state index in [1.807, 2.05) is 4.90 Å². The Morgan fingerprint density at radius 1 is 1.29 bits per heavy atom. The van der Waals surface area contributed by atoms with Crippen LogP contribution in [0.1, 0.15) is 0 Å². The molecule has 8 nitrogen and oxygen atoms in total. The summed E-state index contributed by atoms with van der Waals surface area (Å²) in [6, 6.07) is 4.90. The van der Waals surface area contributed by atoms with Crippen molar-refractivity contribution in [3.8, 4) is 0 Å². The first-order valence-corrected chi connectivity index (χ1v) is 9.09. The van der Waals surface area contributed by atoms with Gasteiger partial charge in [-0.05, 0) is 24.4 Å². The fourth-order valence-corrected chi connectivity index (χ4v) is 3.98. The average molecular weight is 370 g/mol. The van der Waals surface area contributed by atoms with Crippen LogP contribution in [0.15, 0.2) is 41.8 Å². The molecule has 0 spiro atoms. The number of nitrogens with zero attached hydrogens (tertiary/aromatic N) is 3. The van der Waals surface area contributed by atoms with Gasteiger partial charge in [-0.2, -0.15) is 4.31 Å². The van der Waals surface area contributed by atoms with E-state index in [1.54, 1.807) is 6.08 Å². The van der Waals surface area contributed by atoms with Gasteiger partial charge in [0.15, 0.2) is 5.11 Å². The lowest BCUT2D eigenvalue weighted by Crippen LogP contribution is -2.53. The summed E-state index contributed by atoms with van der Waals surface area (Å²) in [5, 5.41) is 14.2. The van der Waals surface area contributed by atoms with Crippen molar-refractivity contribution in [3.63, 3.8) is 0 Å². The van der Waals surface area contributed by atoms with Crippen LogP contribution in [0, 0.1) is 10.1 Å². The number of sulfonamides is 1. The zero-order valence-electron chi connectivity index (χ0n) is 12.9. The molecule has 0 bridgehead atoms. The number of hydrogen-bond donors (Lipinski definition) is 1. The molecule has 0 amide bonds. The van der Waals surface area contributed by atoms with Crippen molar-refractivity contribution in [1.29, 1.82) is 0 Å². The minimum absolute atomic E-state index is 0.0499. The summed E-state index contributed by atoms with van der Waals surface area (Å²) in [5.41, 5.74) is -0.141. The van der Waals surface area contributed by atoms with Gasteiger partial charge in [-0.1, -0.05) is 6.08 Å². The van der Waals surface area contributed by atoms with Crippen LogP contribution in [0.4, 0.5) is 5.69 Å². The summed E-state index contributed by atoms with van der Waals surface area (Å²) in [5.74, 6) is 0. The second-order valence-corrected chi connectivity index (χ2v) is 7.44. The normalized spacial score (nSPS) is 15.8. The van der Waals surface area contributed by atoms with Crippen LogP contribution in [0.5, 0.6) is 0 Å². The summed E-state index contributed by atoms with van der Waals surface area (Å²) in [6.07, 6.45) is 1.70. The SMILES string of the molecule is C=CCNC(=S)N1CCN(S(=O)(=O)c2ccc([N+](=O)[O-])cc2)CC1. The Kier molecular flexibility index (Phi) is 5.86. The molecule has 1 aliphatic heterocycles. The molecule has 0 aliphatic carbocycles. The van der Waals surface area contributed by atoms with E-state index in [9.17, 15) is 18.5 Å². The van der Waals surface area contributed by atoms with Crippen LogP contribution in [0.2, 0.25) is 0 Å². The molecule has 0 aromatic heterocycles. The molecule has 0 saturated carbocycles. The number of thiocarbonyl (C=S) groups is 1. The predicted octanol–water partition coefficient (Wildman–Crippen LogP) is 0.962. The molecule has 1 aromatic carbocycles. The molecule has 0 unspecified atom stereocenters. The van der Waals surface area contributed by atoms with Crippen molar-refractivity contribution < 1.29 is 13.3 Å². The minimum Gasteiger partial charge on any atom is -0.359 e. The van der Waals surface area contributed by atoms with Crippen LogP contribution >= 0.6 is 12.2 Å². The third kappa shape index (κ3) is 4.08. The number of nitrogens with one attached hydrogen (secondary N) is 1. The molecule has 1 aliphatic rings. The van der Waals surface area contributed by atoms with Crippen molar-refractivity contribution in [2.75, 3.05) is 32.7 Å². The quantitative estimate of drug-likeness (QED) is 0.357. The Hall–Kier alpha value is -2.04. The van der Waals surface area contributed by atoms with Crippen molar-refractivity contribution in [1.82, 2.24) is 14.5 Å². The highest BCUT2D eigenvalue weighted by Crippen LogP contribution is 2.20. The number of benzene rings is 1. The van der Waals surface area contributed by atoms with E-state index in [4.69, 9.17) is 12.2 Å². The molecular weight excluding hydrogens is 352 g/mol. The predicted molar refractivity (Wildman–Crippen MR) is 94.2 cm³/mol. The molecule has 1 heterocycles. The Morgan fingerprint density at radius 2 is 1.88 bits per heavy atom. The summed E-state index contributed by atoms with van der Waals surface area (Å²) in [7, 11) is -3.67. The van der Waals surface area contributed by atoms with Crippen LogP contribution in [-0.4, -0.2) is 60.4 Å². The molecule has 1 N–H and O–H groups in total. The van der Waals surface area contributed by atoms with Crippen LogP contribution in [0.3, 0.4) is 0 Å². The maximum atomic E-state index is 12.6. The molecule has 130 valence electrons. The molecule has 10 heteroatoms. The Balaban J connectivity index is 2.03. The third-order valence-electron chi connectivity index (χ3n) is 3.61. The first kappa shape index (κ1) is 18.3. The number of non-ortho nitro benzene ring substituents is 1. The molecule has 0 atom stereocenters. The van der Waals surface area contributed by atoms with Gasteiger partial charge in [-0.15, -0.1) is 6.58 Å². The van der Waals surface area contributed by atoms with E-state index >= 15 is 0 Å². The highest BCUT2D eigenvalue weighted by molar-refractivity contribution is 7.89. The van der Waals surface area contributed by atoms with Gasteiger partial charge in [0.25, 0.3) is 5.69 Å². The first-order valence-electron chi connectivity index (χ1n) is 7.24. The van der Waals surface area contributed by atoms with E-state index in [0.717, 1.165) is 0 Å². The Labute approximate surface area is 145 Å². The van der Waals surface area contributed by atoms with Gasteiger partial charge in [0.1, 0.15) is 0 Å². The Bertz CT molecular complexity index is 726. The fourth-order valence-electron chi connectivity index (χ4n) is 2.29. The van der Waals surface area contributed by atoms with Crippen molar-refractivity contribution in [3.05, 3.63) is 47.0 Å². The number of rotatable bonds is 5. The second kappa shape index (κ2) is 7.69. The minimum atomic E-state index is -3.67. The summed E-state index contributed by atoms with van der Waals surface area (Å²) >= 11 is 5.24. The highest BCUT2D eigenvalue weighted by Gasteiger charge is 2.29. The van der Waals surface area contributed by atoms with Gasteiger partial charge in [0.2, 0.25) is 10.0 Å². The van der Waals surface area contributed by atoms with Gasteiger partial charge in [-0.3, -0.25) is 10.1 Å². The standard InChI is InChI=1S/C14H18N4O4S2/c1-2-7-15-14(23)16-8-10-17(11-9-16)24(21,22)13-5-3-12(4-6-13)18(19)20/h2-6H,1,7-11H2,(H,15,23). The maximum Gasteiger partial charge on any atom is 0.269 e. The Morgan fingerprint density at radius 3 is 2.38 bits per heavy atom. The van der Waals surface area contributed by atoms with E-state index in [-0.39, 0.29) is 10.6 Å². The summed E-state index contributed by atoms with van der Waals surface area (Å²) in [6.45, 7) is 5.72. The monoisotopic (exact) mass is 370 g/mol. The van der Waals surface area contributed by atoms with Crippen LogP contribution < -0.4 is 5.32 Å². The largest absolute Gasteiger partial charge is 0.359 e. The van der Waals surface area contributed by atoms with E-state index in [2.05, 4.69) is 11.9 Å². The maximum absolute atomic E-state index is 12.6. The van der Waals surface area contributed by atoms with E-state index < -0.39 is 14.9 Å². The topological polar surface area (TPSA) is 95.8 Å². The van der Waals surface area contributed by atoms with Crippen LogP contribution in [-0.2, 0) is 10.0 Å². The highest BCUT2D eigenvalue weighted by atomic mass is 32.2. The van der Waals surface area contributed by atoms with E-state index in [0.29, 0.717) is 37.8 Å². The zero-order valence-corrected chi connectivity index (χ0v) is 14.6. The van der Waals surface area contributed by atoms with Gasteiger partial charge in [0.05, 0.1) is 9.82 Å². The molecule has 0 radical (unpaired) electrons. The van der Waals surface area contributed by atoms with Crippen LogP contribution in [0.25, 0.3) is 0 Å². The number of hydrogen-bond acceptors (Lipinski definition) is 5. The fraction of sp³-hybridized carbons (Fsp3) is 0.357. The first-order chi connectivity index (χ1) is 11.4. The lowest BCUT2D eigenvalue weighted by atomic mass is 10.3. The molecule has 1 aromatic rings. The third-order valence-corrected chi connectivity index (χ3v) is 5.92. The van der Waals surface area contributed by atoms with Crippen molar-refractivity contribution >= 4 is 33.0 Å².